The first kappa shape index (κ1) is 14.5. The molecule has 20 heavy (non-hydrogen) atoms. The minimum Gasteiger partial charge on any atom is -0.362 e. The van der Waals surface area contributed by atoms with E-state index in [-0.39, 0.29) is 16.8 Å². The molecule has 1 unspecified atom stereocenters. The SMILES string of the molecule is CC(Nc1ncccc1S(C)(=O)=O)c1ccc(F)cc1. The maximum absolute atomic E-state index is 12.9. The van der Waals surface area contributed by atoms with Crippen molar-refractivity contribution in [1.82, 2.24) is 4.98 Å². The number of hydrogen-bond donors (Lipinski definition) is 1. The van der Waals surface area contributed by atoms with Crippen molar-refractivity contribution in [3.63, 3.8) is 0 Å². The fourth-order valence-electron chi connectivity index (χ4n) is 1.84. The summed E-state index contributed by atoms with van der Waals surface area (Å²) in [5.74, 6) is -0.0116. The molecule has 1 aromatic heterocycles. The molecule has 0 bridgehead atoms. The van der Waals surface area contributed by atoms with Crippen molar-refractivity contribution in [3.8, 4) is 0 Å². The zero-order valence-electron chi connectivity index (χ0n) is 11.2. The van der Waals surface area contributed by atoms with E-state index in [0.717, 1.165) is 11.8 Å². The van der Waals surface area contributed by atoms with Crippen LogP contribution >= 0.6 is 0 Å². The van der Waals surface area contributed by atoms with Gasteiger partial charge in [-0.25, -0.2) is 17.8 Å². The van der Waals surface area contributed by atoms with E-state index < -0.39 is 9.84 Å². The highest BCUT2D eigenvalue weighted by atomic mass is 32.2. The highest BCUT2D eigenvalue weighted by Crippen LogP contribution is 2.23. The number of hydrogen-bond acceptors (Lipinski definition) is 4. The number of pyridine rings is 1. The van der Waals surface area contributed by atoms with Crippen LogP contribution in [0.2, 0.25) is 0 Å². The maximum Gasteiger partial charge on any atom is 0.179 e. The van der Waals surface area contributed by atoms with E-state index in [1.165, 1.54) is 24.4 Å². The highest BCUT2D eigenvalue weighted by molar-refractivity contribution is 7.90. The smallest absolute Gasteiger partial charge is 0.179 e. The fourth-order valence-corrected chi connectivity index (χ4v) is 2.63. The number of nitrogens with one attached hydrogen (secondary N) is 1. The summed E-state index contributed by atoms with van der Waals surface area (Å²) in [5, 5.41) is 3.04. The molecular weight excluding hydrogens is 279 g/mol. The number of nitrogens with zero attached hydrogens (tertiary/aromatic N) is 1. The minimum absolute atomic E-state index is 0.147. The molecule has 0 saturated carbocycles. The first-order valence-electron chi connectivity index (χ1n) is 6.05. The van der Waals surface area contributed by atoms with E-state index in [1.807, 2.05) is 6.92 Å². The lowest BCUT2D eigenvalue weighted by atomic mass is 10.1. The predicted octanol–water partition coefficient (Wildman–Crippen LogP) is 2.80. The molecule has 0 radical (unpaired) electrons. The second kappa shape index (κ2) is 5.58. The second-order valence-electron chi connectivity index (χ2n) is 4.54. The summed E-state index contributed by atoms with van der Waals surface area (Å²) in [6, 6.07) is 8.91. The molecule has 1 heterocycles. The van der Waals surface area contributed by atoms with Crippen molar-refractivity contribution < 1.29 is 12.8 Å². The average Bonchev–Trinajstić information content (AvgIpc) is 2.38. The van der Waals surface area contributed by atoms with Gasteiger partial charge < -0.3 is 5.32 Å². The first-order chi connectivity index (χ1) is 9.38. The molecule has 0 saturated heterocycles. The van der Waals surface area contributed by atoms with Gasteiger partial charge in [0.2, 0.25) is 0 Å². The molecule has 0 aliphatic carbocycles. The molecule has 6 heteroatoms. The second-order valence-corrected chi connectivity index (χ2v) is 6.52. The molecule has 0 aliphatic heterocycles. The van der Waals surface area contributed by atoms with E-state index in [4.69, 9.17) is 0 Å². The monoisotopic (exact) mass is 294 g/mol. The summed E-state index contributed by atoms with van der Waals surface area (Å²) < 4.78 is 36.3. The Hall–Kier alpha value is -1.95. The van der Waals surface area contributed by atoms with Crippen LogP contribution in [0.25, 0.3) is 0 Å². The van der Waals surface area contributed by atoms with E-state index >= 15 is 0 Å². The Morgan fingerprint density at radius 1 is 1.20 bits per heavy atom. The summed E-state index contributed by atoms with van der Waals surface area (Å²) >= 11 is 0. The Morgan fingerprint density at radius 3 is 2.45 bits per heavy atom. The van der Waals surface area contributed by atoms with Gasteiger partial charge in [-0.05, 0) is 36.8 Å². The van der Waals surface area contributed by atoms with Gasteiger partial charge in [0, 0.05) is 18.5 Å². The molecule has 2 rings (SSSR count). The zero-order valence-corrected chi connectivity index (χ0v) is 12.0. The summed E-state index contributed by atoms with van der Waals surface area (Å²) in [7, 11) is -3.35. The summed E-state index contributed by atoms with van der Waals surface area (Å²) in [6.07, 6.45) is 2.66. The van der Waals surface area contributed by atoms with Crippen molar-refractivity contribution in [1.29, 1.82) is 0 Å². The summed E-state index contributed by atoms with van der Waals surface area (Å²) in [4.78, 5) is 4.21. The number of benzene rings is 1. The van der Waals surface area contributed by atoms with Crippen LogP contribution in [-0.4, -0.2) is 19.7 Å². The lowest BCUT2D eigenvalue weighted by molar-refractivity contribution is 0.601. The summed E-state index contributed by atoms with van der Waals surface area (Å²) in [5.41, 5.74) is 0.844. The van der Waals surface area contributed by atoms with Crippen LogP contribution < -0.4 is 5.32 Å². The van der Waals surface area contributed by atoms with Crippen LogP contribution in [-0.2, 0) is 9.84 Å². The van der Waals surface area contributed by atoms with Crippen molar-refractivity contribution >= 4 is 15.7 Å². The molecule has 0 amide bonds. The molecule has 4 nitrogen and oxygen atoms in total. The van der Waals surface area contributed by atoms with Crippen LogP contribution in [0.1, 0.15) is 18.5 Å². The third-order valence-corrected chi connectivity index (χ3v) is 4.02. The highest BCUT2D eigenvalue weighted by Gasteiger charge is 2.16. The quantitative estimate of drug-likeness (QED) is 0.942. The topological polar surface area (TPSA) is 59.1 Å². The van der Waals surface area contributed by atoms with Crippen molar-refractivity contribution in [3.05, 3.63) is 54.0 Å². The average molecular weight is 294 g/mol. The van der Waals surface area contributed by atoms with Gasteiger partial charge in [0.1, 0.15) is 16.5 Å². The number of sulfone groups is 1. The summed E-state index contributed by atoms with van der Waals surface area (Å²) in [6.45, 7) is 1.86. The van der Waals surface area contributed by atoms with Gasteiger partial charge in [-0.2, -0.15) is 0 Å². The Labute approximate surface area is 117 Å². The fraction of sp³-hybridized carbons (Fsp3) is 0.214. The van der Waals surface area contributed by atoms with Gasteiger partial charge in [-0.15, -0.1) is 0 Å². The number of rotatable bonds is 4. The predicted molar refractivity (Wildman–Crippen MR) is 75.8 cm³/mol. The molecule has 0 fully saturated rings. The van der Waals surface area contributed by atoms with Crippen LogP contribution in [0, 0.1) is 5.82 Å². The molecule has 1 atom stereocenters. The number of anilines is 1. The van der Waals surface area contributed by atoms with Crippen molar-refractivity contribution in [2.24, 2.45) is 0 Å². The number of halogens is 1. The third kappa shape index (κ3) is 3.33. The Kier molecular flexibility index (Phi) is 4.04. The van der Waals surface area contributed by atoms with Crippen LogP contribution in [0.5, 0.6) is 0 Å². The molecule has 0 aliphatic rings. The van der Waals surface area contributed by atoms with Gasteiger partial charge in [0.25, 0.3) is 0 Å². The largest absolute Gasteiger partial charge is 0.362 e. The molecular formula is C14H15FN2O2S. The molecule has 1 aromatic carbocycles. The Balaban J connectivity index is 2.28. The normalized spacial score (nSPS) is 12.9. The van der Waals surface area contributed by atoms with Gasteiger partial charge >= 0.3 is 0 Å². The zero-order chi connectivity index (χ0) is 14.8. The van der Waals surface area contributed by atoms with Crippen molar-refractivity contribution in [2.75, 3.05) is 11.6 Å². The van der Waals surface area contributed by atoms with Gasteiger partial charge in [-0.3, -0.25) is 0 Å². The lowest BCUT2D eigenvalue weighted by Gasteiger charge is -2.16. The number of aromatic nitrogens is 1. The van der Waals surface area contributed by atoms with Gasteiger partial charge in [-0.1, -0.05) is 12.1 Å². The standard InChI is InChI=1S/C14H15FN2O2S/c1-10(11-5-7-12(15)8-6-11)17-14-13(20(2,18)19)4-3-9-16-14/h3-10H,1-2H3,(H,16,17). The molecule has 1 N–H and O–H groups in total. The minimum atomic E-state index is -3.35. The molecule has 0 spiro atoms. The third-order valence-electron chi connectivity index (χ3n) is 2.89. The molecule has 106 valence electrons. The van der Waals surface area contributed by atoms with Gasteiger partial charge in [0.05, 0.1) is 0 Å². The van der Waals surface area contributed by atoms with E-state index in [9.17, 15) is 12.8 Å². The maximum atomic E-state index is 12.9. The molecule has 2 aromatic rings. The lowest BCUT2D eigenvalue weighted by Crippen LogP contribution is -2.11. The Morgan fingerprint density at radius 2 is 1.85 bits per heavy atom. The Bertz CT molecular complexity index is 699. The first-order valence-corrected chi connectivity index (χ1v) is 7.94. The van der Waals surface area contributed by atoms with Crippen LogP contribution in [0.4, 0.5) is 10.2 Å². The van der Waals surface area contributed by atoms with Gasteiger partial charge in [0.15, 0.2) is 9.84 Å². The van der Waals surface area contributed by atoms with E-state index in [2.05, 4.69) is 10.3 Å². The van der Waals surface area contributed by atoms with Crippen molar-refractivity contribution in [2.45, 2.75) is 17.9 Å². The van der Waals surface area contributed by atoms with E-state index in [1.54, 1.807) is 18.2 Å². The van der Waals surface area contributed by atoms with Crippen LogP contribution in [0.3, 0.4) is 0 Å². The van der Waals surface area contributed by atoms with E-state index in [0.29, 0.717) is 5.82 Å². The van der Waals surface area contributed by atoms with Crippen LogP contribution in [0.15, 0.2) is 47.5 Å².